The fourth-order valence-electron chi connectivity index (χ4n) is 1.74. The molecular weight excluding hydrogens is 520 g/mol. The van der Waals surface area contributed by atoms with Crippen molar-refractivity contribution in [3.05, 3.63) is 29.7 Å². The summed E-state index contributed by atoms with van der Waals surface area (Å²) in [4.78, 5) is 14.5. The van der Waals surface area contributed by atoms with E-state index in [9.17, 15) is 9.90 Å². The van der Waals surface area contributed by atoms with E-state index in [2.05, 4.69) is 45.2 Å². The molecule has 1 fully saturated rings. The maximum absolute atomic E-state index is 12.3. The van der Waals surface area contributed by atoms with E-state index in [0.29, 0.717) is 9.23 Å². The second-order valence-corrected chi connectivity index (χ2v) is 8.48. The Morgan fingerprint density at radius 1 is 1.35 bits per heavy atom. The van der Waals surface area contributed by atoms with E-state index in [1.807, 2.05) is 32.1 Å². The van der Waals surface area contributed by atoms with Gasteiger partial charge in [0.1, 0.15) is 10.1 Å². The Hall–Kier alpha value is 0.130. The first kappa shape index (κ1) is 16.5. The van der Waals surface area contributed by atoms with Gasteiger partial charge in [-0.15, -0.1) is 0 Å². The summed E-state index contributed by atoms with van der Waals surface area (Å²) in [6.07, 6.45) is 1.82. The van der Waals surface area contributed by atoms with Gasteiger partial charge >= 0.3 is 0 Å². The van der Waals surface area contributed by atoms with E-state index < -0.39 is 0 Å². The van der Waals surface area contributed by atoms with Crippen molar-refractivity contribution < 1.29 is 9.90 Å². The molecule has 0 aromatic heterocycles. The minimum atomic E-state index is -0.0481. The fraction of sp³-hybridized carbons (Fsp3) is 0.231. The number of amides is 1. The quantitative estimate of drug-likeness (QED) is 0.353. The summed E-state index contributed by atoms with van der Waals surface area (Å²) in [7, 11) is 0. The number of benzene rings is 1. The molecular formula is C13H11I2NO2S2. The summed E-state index contributed by atoms with van der Waals surface area (Å²) in [5.41, 5.74) is 0.890. The third-order valence-corrected chi connectivity index (χ3v) is 5.65. The van der Waals surface area contributed by atoms with Gasteiger partial charge in [-0.05, 0) is 82.8 Å². The number of rotatable bonds is 2. The monoisotopic (exact) mass is 531 g/mol. The number of halogens is 2. The van der Waals surface area contributed by atoms with E-state index in [1.54, 1.807) is 4.90 Å². The van der Waals surface area contributed by atoms with Gasteiger partial charge in [-0.2, -0.15) is 0 Å². The van der Waals surface area contributed by atoms with Crippen LogP contribution in [0.25, 0.3) is 6.08 Å². The molecule has 0 aliphatic carbocycles. The number of phenolic OH excluding ortho intramolecular Hbond substituents is 1. The van der Waals surface area contributed by atoms with Gasteiger partial charge in [0.15, 0.2) is 0 Å². The van der Waals surface area contributed by atoms with Crippen LogP contribution in [0.15, 0.2) is 17.0 Å². The third-order valence-electron chi connectivity index (χ3n) is 2.68. The predicted octanol–water partition coefficient (Wildman–Crippen LogP) is 4.21. The summed E-state index contributed by atoms with van der Waals surface area (Å²) in [5, 5.41) is 9.76. The van der Waals surface area contributed by atoms with Crippen LogP contribution in [0.3, 0.4) is 0 Å². The molecule has 0 spiro atoms. The van der Waals surface area contributed by atoms with E-state index in [0.717, 1.165) is 12.7 Å². The lowest BCUT2D eigenvalue weighted by atomic mass is 10.2. The van der Waals surface area contributed by atoms with Gasteiger partial charge in [0.25, 0.3) is 5.91 Å². The first-order valence-corrected chi connectivity index (χ1v) is 9.14. The number of carbonyl (C=O) groups is 1. The Morgan fingerprint density at radius 3 is 2.35 bits per heavy atom. The van der Waals surface area contributed by atoms with Gasteiger partial charge < -0.3 is 5.11 Å². The fourth-order valence-corrected chi connectivity index (χ4v) is 5.09. The number of phenols is 1. The van der Waals surface area contributed by atoms with E-state index in [1.165, 1.54) is 11.8 Å². The van der Waals surface area contributed by atoms with Crippen LogP contribution in [0.5, 0.6) is 5.75 Å². The molecule has 1 aromatic carbocycles. The van der Waals surface area contributed by atoms with Crippen molar-refractivity contribution in [3.63, 3.8) is 0 Å². The van der Waals surface area contributed by atoms with Gasteiger partial charge in [-0.1, -0.05) is 24.0 Å². The summed E-state index contributed by atoms with van der Waals surface area (Å²) < 4.78 is 2.12. The zero-order valence-corrected chi connectivity index (χ0v) is 16.6. The first-order valence-electron chi connectivity index (χ1n) is 5.76. The van der Waals surface area contributed by atoms with Crippen molar-refractivity contribution in [2.45, 2.75) is 19.9 Å². The van der Waals surface area contributed by atoms with Gasteiger partial charge in [0.2, 0.25) is 0 Å². The average molecular weight is 531 g/mol. The number of thiocarbonyl (C=S) groups is 1. The van der Waals surface area contributed by atoms with Crippen LogP contribution >= 0.6 is 69.2 Å². The van der Waals surface area contributed by atoms with Crippen LogP contribution in [0.1, 0.15) is 19.4 Å². The molecule has 3 nitrogen and oxygen atoms in total. The SMILES string of the molecule is CC(C)N1C(=O)/C(=C/c2cc(I)c(O)c(I)c2)SC1=S. The van der Waals surface area contributed by atoms with E-state index >= 15 is 0 Å². The van der Waals surface area contributed by atoms with Gasteiger partial charge in [0.05, 0.1) is 12.0 Å². The maximum Gasteiger partial charge on any atom is 0.266 e. The molecule has 106 valence electrons. The number of aromatic hydroxyl groups is 1. The summed E-state index contributed by atoms with van der Waals surface area (Å²) in [5.74, 6) is 0.228. The van der Waals surface area contributed by atoms with E-state index in [4.69, 9.17) is 12.2 Å². The number of thioether (sulfide) groups is 1. The van der Waals surface area contributed by atoms with Crippen molar-refractivity contribution in [2.75, 3.05) is 0 Å². The van der Waals surface area contributed by atoms with Crippen LogP contribution in [0.4, 0.5) is 0 Å². The molecule has 0 unspecified atom stereocenters. The van der Waals surface area contributed by atoms with Crippen molar-refractivity contribution in [1.82, 2.24) is 4.90 Å². The Balaban J connectivity index is 2.38. The van der Waals surface area contributed by atoms with Crippen molar-refractivity contribution >= 4 is 85.5 Å². The Morgan fingerprint density at radius 2 is 1.90 bits per heavy atom. The van der Waals surface area contributed by atoms with Gasteiger partial charge in [-0.3, -0.25) is 9.69 Å². The zero-order valence-electron chi connectivity index (χ0n) is 10.7. The van der Waals surface area contributed by atoms with Crippen LogP contribution in [-0.2, 0) is 4.79 Å². The molecule has 2 rings (SSSR count). The van der Waals surface area contributed by atoms with Crippen molar-refractivity contribution in [1.29, 1.82) is 0 Å². The minimum absolute atomic E-state index is 0.0481. The number of hydrogen-bond donors (Lipinski definition) is 1. The lowest BCUT2D eigenvalue weighted by Gasteiger charge is -2.18. The molecule has 0 radical (unpaired) electrons. The molecule has 1 saturated heterocycles. The highest BCUT2D eigenvalue weighted by Gasteiger charge is 2.33. The normalized spacial score (nSPS) is 17.6. The van der Waals surface area contributed by atoms with Gasteiger partial charge in [0, 0.05) is 6.04 Å². The molecule has 0 atom stereocenters. The lowest BCUT2D eigenvalue weighted by molar-refractivity contribution is -0.123. The second kappa shape index (κ2) is 6.49. The van der Waals surface area contributed by atoms with E-state index in [-0.39, 0.29) is 17.7 Å². The van der Waals surface area contributed by atoms with Crippen LogP contribution in [0, 0.1) is 7.14 Å². The molecule has 1 heterocycles. The highest BCUT2D eigenvalue weighted by molar-refractivity contribution is 14.1. The Kier molecular flexibility index (Phi) is 5.35. The molecule has 20 heavy (non-hydrogen) atoms. The smallest absolute Gasteiger partial charge is 0.266 e. The van der Waals surface area contributed by atoms with Gasteiger partial charge in [-0.25, -0.2) is 0 Å². The average Bonchev–Trinajstić information content (AvgIpc) is 2.61. The molecule has 1 N–H and O–H groups in total. The number of nitrogens with zero attached hydrogens (tertiary/aromatic N) is 1. The standard InChI is InChI=1S/C13H11I2NO2S2/c1-6(2)16-12(18)10(20-13(16)19)5-7-3-8(14)11(17)9(15)4-7/h3-6,17H,1-2H3/b10-5-. The molecule has 1 aliphatic heterocycles. The number of hydrogen-bond acceptors (Lipinski definition) is 4. The minimum Gasteiger partial charge on any atom is -0.506 e. The molecule has 0 saturated carbocycles. The summed E-state index contributed by atoms with van der Waals surface area (Å²) in [6.45, 7) is 3.89. The molecule has 1 amide bonds. The number of carbonyl (C=O) groups excluding carboxylic acids is 1. The second-order valence-electron chi connectivity index (χ2n) is 4.48. The van der Waals surface area contributed by atoms with Crippen LogP contribution < -0.4 is 0 Å². The molecule has 1 aromatic rings. The topological polar surface area (TPSA) is 40.5 Å². The Labute approximate surface area is 154 Å². The zero-order chi connectivity index (χ0) is 15.0. The lowest BCUT2D eigenvalue weighted by Crippen LogP contribution is -2.34. The summed E-state index contributed by atoms with van der Waals surface area (Å²) in [6, 6.07) is 3.76. The molecule has 7 heteroatoms. The highest BCUT2D eigenvalue weighted by Crippen LogP contribution is 2.35. The predicted molar refractivity (Wildman–Crippen MR) is 104 cm³/mol. The van der Waals surface area contributed by atoms with Crippen LogP contribution in [-0.4, -0.2) is 26.3 Å². The summed E-state index contributed by atoms with van der Waals surface area (Å²) >= 11 is 10.7. The third kappa shape index (κ3) is 3.30. The highest BCUT2D eigenvalue weighted by atomic mass is 127. The largest absolute Gasteiger partial charge is 0.506 e. The van der Waals surface area contributed by atoms with Crippen molar-refractivity contribution in [2.24, 2.45) is 0 Å². The maximum atomic E-state index is 12.3. The van der Waals surface area contributed by atoms with Crippen LogP contribution in [0.2, 0.25) is 0 Å². The molecule has 0 bridgehead atoms. The first-order chi connectivity index (χ1) is 9.31. The van der Waals surface area contributed by atoms with Crippen molar-refractivity contribution in [3.8, 4) is 5.75 Å². The molecule has 1 aliphatic rings. The Bertz CT molecular complexity index is 606.